The van der Waals surface area contributed by atoms with Crippen LogP contribution in [0.15, 0.2) is 30.3 Å². The van der Waals surface area contributed by atoms with Gasteiger partial charge in [0, 0.05) is 11.1 Å². The molecule has 0 amide bonds. The average molecular weight is 299 g/mol. The molecule has 1 heterocycles. The summed E-state index contributed by atoms with van der Waals surface area (Å²) in [5.74, 6) is -0.426. The molecule has 0 fully saturated rings. The van der Waals surface area contributed by atoms with Crippen LogP contribution < -0.4 is 0 Å². The highest BCUT2D eigenvalue weighted by molar-refractivity contribution is 7.00. The van der Waals surface area contributed by atoms with Crippen LogP contribution >= 0.6 is 34.9 Å². The van der Waals surface area contributed by atoms with Gasteiger partial charge in [0.2, 0.25) is 0 Å². The SMILES string of the molecule is Fc1cccc(Cl)c1-c1c(Cl)ccc2nsnc12. The molecule has 0 atom stereocenters. The molecule has 0 aliphatic carbocycles. The summed E-state index contributed by atoms with van der Waals surface area (Å²) < 4.78 is 22.2. The Morgan fingerprint density at radius 1 is 0.944 bits per heavy atom. The van der Waals surface area contributed by atoms with E-state index >= 15 is 0 Å². The maximum Gasteiger partial charge on any atom is 0.132 e. The van der Waals surface area contributed by atoms with Gasteiger partial charge in [-0.2, -0.15) is 8.75 Å². The number of halogens is 3. The van der Waals surface area contributed by atoms with E-state index in [-0.39, 0.29) is 5.56 Å². The summed E-state index contributed by atoms with van der Waals surface area (Å²) in [6.07, 6.45) is 0. The summed E-state index contributed by atoms with van der Waals surface area (Å²) in [5, 5.41) is 0.708. The molecule has 0 spiro atoms. The van der Waals surface area contributed by atoms with E-state index in [1.165, 1.54) is 6.07 Å². The number of hydrogen-bond donors (Lipinski definition) is 0. The van der Waals surface area contributed by atoms with Gasteiger partial charge in [-0.1, -0.05) is 29.3 Å². The smallest absolute Gasteiger partial charge is 0.132 e. The van der Waals surface area contributed by atoms with Gasteiger partial charge in [0.1, 0.15) is 16.9 Å². The zero-order chi connectivity index (χ0) is 12.7. The fourth-order valence-corrected chi connectivity index (χ4v) is 2.85. The molecule has 1 aromatic heterocycles. The van der Waals surface area contributed by atoms with Crippen LogP contribution in [0.1, 0.15) is 0 Å². The van der Waals surface area contributed by atoms with Crippen molar-refractivity contribution in [3.05, 3.63) is 46.2 Å². The van der Waals surface area contributed by atoms with E-state index in [0.29, 0.717) is 26.6 Å². The molecule has 3 aromatic rings. The number of hydrogen-bond acceptors (Lipinski definition) is 3. The molecular formula is C12H5Cl2FN2S. The molecule has 2 aromatic carbocycles. The summed E-state index contributed by atoms with van der Waals surface area (Å²) in [4.78, 5) is 0. The van der Waals surface area contributed by atoms with Crippen molar-refractivity contribution in [2.24, 2.45) is 0 Å². The van der Waals surface area contributed by atoms with Gasteiger partial charge < -0.3 is 0 Å². The van der Waals surface area contributed by atoms with E-state index in [2.05, 4.69) is 8.75 Å². The molecular weight excluding hydrogens is 294 g/mol. The van der Waals surface area contributed by atoms with Crippen LogP contribution in [0.4, 0.5) is 4.39 Å². The second kappa shape index (κ2) is 4.46. The molecule has 0 N–H and O–H groups in total. The van der Waals surface area contributed by atoms with Crippen LogP contribution in [-0.2, 0) is 0 Å². The van der Waals surface area contributed by atoms with Crippen molar-refractivity contribution < 1.29 is 4.39 Å². The van der Waals surface area contributed by atoms with Crippen molar-refractivity contribution in [2.75, 3.05) is 0 Å². The second-order valence-electron chi connectivity index (χ2n) is 3.65. The quantitative estimate of drug-likeness (QED) is 0.644. The molecule has 90 valence electrons. The molecule has 0 aliphatic rings. The van der Waals surface area contributed by atoms with Crippen molar-refractivity contribution in [1.29, 1.82) is 0 Å². The Kier molecular flexibility index (Phi) is 2.93. The van der Waals surface area contributed by atoms with E-state index < -0.39 is 5.82 Å². The number of nitrogens with zero attached hydrogens (tertiary/aromatic N) is 2. The summed E-state index contributed by atoms with van der Waals surface area (Å²) in [7, 11) is 0. The summed E-state index contributed by atoms with van der Waals surface area (Å²) in [6.45, 7) is 0. The predicted octanol–water partition coefficient (Wildman–Crippen LogP) is 4.80. The first-order chi connectivity index (χ1) is 8.68. The monoisotopic (exact) mass is 298 g/mol. The van der Waals surface area contributed by atoms with Gasteiger partial charge in [-0.25, -0.2) is 4.39 Å². The van der Waals surface area contributed by atoms with Crippen LogP contribution in [-0.4, -0.2) is 8.75 Å². The molecule has 0 bridgehead atoms. The fourth-order valence-electron chi connectivity index (χ4n) is 1.80. The van der Waals surface area contributed by atoms with Crippen molar-refractivity contribution in [3.63, 3.8) is 0 Å². The summed E-state index contributed by atoms with van der Waals surface area (Å²) >= 11 is 13.3. The lowest BCUT2D eigenvalue weighted by molar-refractivity contribution is 0.631. The fraction of sp³-hybridized carbons (Fsp3) is 0. The Morgan fingerprint density at radius 3 is 2.50 bits per heavy atom. The molecule has 2 nitrogen and oxygen atoms in total. The maximum atomic E-state index is 14.0. The van der Waals surface area contributed by atoms with Gasteiger partial charge in [-0.3, -0.25) is 0 Å². The third-order valence-corrected chi connectivity index (χ3v) is 3.76. The third-order valence-electron chi connectivity index (χ3n) is 2.59. The largest absolute Gasteiger partial charge is 0.206 e. The lowest BCUT2D eigenvalue weighted by Gasteiger charge is -2.08. The van der Waals surface area contributed by atoms with Gasteiger partial charge in [-0.05, 0) is 24.3 Å². The predicted molar refractivity (Wildman–Crippen MR) is 72.8 cm³/mol. The minimum atomic E-state index is -0.426. The maximum absolute atomic E-state index is 14.0. The first-order valence-corrected chi connectivity index (χ1v) is 6.52. The Bertz CT molecular complexity index is 722. The van der Waals surface area contributed by atoms with Crippen LogP contribution in [0, 0.1) is 5.82 Å². The van der Waals surface area contributed by atoms with Crippen LogP contribution in [0.2, 0.25) is 10.0 Å². The Labute approximate surface area is 116 Å². The molecule has 0 aliphatic heterocycles. The lowest BCUT2D eigenvalue weighted by atomic mass is 10.0. The van der Waals surface area contributed by atoms with Crippen LogP contribution in [0.5, 0.6) is 0 Å². The van der Waals surface area contributed by atoms with Crippen molar-refractivity contribution >= 4 is 46.0 Å². The number of benzene rings is 2. The van der Waals surface area contributed by atoms with Crippen LogP contribution in [0.25, 0.3) is 22.2 Å². The van der Waals surface area contributed by atoms with Gasteiger partial charge >= 0.3 is 0 Å². The Balaban J connectivity index is 2.44. The molecule has 0 radical (unpaired) electrons. The first-order valence-electron chi connectivity index (χ1n) is 5.03. The zero-order valence-corrected chi connectivity index (χ0v) is 11.2. The van der Waals surface area contributed by atoms with E-state index in [0.717, 1.165) is 11.7 Å². The zero-order valence-electron chi connectivity index (χ0n) is 8.82. The van der Waals surface area contributed by atoms with E-state index in [1.54, 1.807) is 24.3 Å². The molecule has 6 heteroatoms. The molecule has 0 saturated heterocycles. The van der Waals surface area contributed by atoms with E-state index in [1.807, 2.05) is 0 Å². The normalized spacial score (nSPS) is 11.1. The molecule has 0 saturated carbocycles. The lowest BCUT2D eigenvalue weighted by Crippen LogP contribution is -1.89. The number of rotatable bonds is 1. The Hall–Kier alpha value is -1.23. The van der Waals surface area contributed by atoms with E-state index in [4.69, 9.17) is 23.2 Å². The van der Waals surface area contributed by atoms with Crippen molar-refractivity contribution in [2.45, 2.75) is 0 Å². The molecule has 0 unspecified atom stereocenters. The highest BCUT2D eigenvalue weighted by Gasteiger charge is 2.18. The molecule has 3 rings (SSSR count). The van der Waals surface area contributed by atoms with Gasteiger partial charge in [0.15, 0.2) is 0 Å². The van der Waals surface area contributed by atoms with Crippen molar-refractivity contribution in [1.82, 2.24) is 8.75 Å². The minimum Gasteiger partial charge on any atom is -0.206 e. The third kappa shape index (κ3) is 1.77. The first kappa shape index (κ1) is 11.8. The summed E-state index contributed by atoms with van der Waals surface area (Å²) in [6, 6.07) is 7.93. The number of aromatic nitrogens is 2. The van der Waals surface area contributed by atoms with Gasteiger partial charge in [-0.15, -0.1) is 0 Å². The highest BCUT2D eigenvalue weighted by Crippen LogP contribution is 2.39. The van der Waals surface area contributed by atoms with Crippen molar-refractivity contribution in [3.8, 4) is 11.1 Å². The second-order valence-corrected chi connectivity index (χ2v) is 4.99. The van der Waals surface area contributed by atoms with Gasteiger partial charge in [0.05, 0.1) is 21.8 Å². The molecule has 18 heavy (non-hydrogen) atoms. The standard InChI is InChI=1S/C12H5Cl2FN2S/c13-6-2-1-3-8(15)10(6)11-7(14)4-5-9-12(11)17-18-16-9/h1-5H. The van der Waals surface area contributed by atoms with E-state index in [9.17, 15) is 4.39 Å². The topological polar surface area (TPSA) is 25.8 Å². The van der Waals surface area contributed by atoms with Gasteiger partial charge in [0.25, 0.3) is 0 Å². The summed E-state index contributed by atoms with van der Waals surface area (Å²) in [5.41, 5.74) is 2.01. The highest BCUT2D eigenvalue weighted by atomic mass is 35.5. The average Bonchev–Trinajstić information content (AvgIpc) is 2.79. The minimum absolute atomic E-state index is 0.266. The Morgan fingerprint density at radius 2 is 1.72 bits per heavy atom. The number of fused-ring (bicyclic) bond motifs is 1. The van der Waals surface area contributed by atoms with Crippen LogP contribution in [0.3, 0.4) is 0 Å².